The van der Waals surface area contributed by atoms with Crippen molar-refractivity contribution >= 4 is 5.97 Å². The summed E-state index contributed by atoms with van der Waals surface area (Å²) in [6, 6.07) is 3.93. The van der Waals surface area contributed by atoms with Gasteiger partial charge in [-0.25, -0.2) is 0 Å². The van der Waals surface area contributed by atoms with Gasteiger partial charge in [-0.3, -0.25) is 4.79 Å². The van der Waals surface area contributed by atoms with Gasteiger partial charge in [-0.1, -0.05) is 6.07 Å². The van der Waals surface area contributed by atoms with Crippen molar-refractivity contribution in [1.82, 2.24) is 0 Å². The van der Waals surface area contributed by atoms with Gasteiger partial charge in [0.2, 0.25) is 0 Å². The maximum absolute atomic E-state index is 10.2. The molecule has 0 aliphatic heterocycles. The Hall–Kier alpha value is -1.71. The fourth-order valence-corrected chi connectivity index (χ4v) is 0.854. The smallest absolute Gasteiger partial charge is 0.307 e. The van der Waals surface area contributed by atoms with Crippen LogP contribution in [0.2, 0.25) is 0 Å². The van der Waals surface area contributed by atoms with Crippen molar-refractivity contribution in [2.24, 2.45) is 0 Å². The first-order chi connectivity index (χ1) is 5.59. The Morgan fingerprint density at radius 3 is 2.42 bits per heavy atom. The van der Waals surface area contributed by atoms with E-state index in [1.807, 2.05) is 0 Å². The zero-order valence-electron chi connectivity index (χ0n) is 6.19. The molecule has 0 spiro atoms. The third-order valence-corrected chi connectivity index (χ3v) is 1.40. The van der Waals surface area contributed by atoms with Gasteiger partial charge in [0.25, 0.3) is 0 Å². The van der Waals surface area contributed by atoms with Crippen molar-refractivity contribution in [2.45, 2.75) is 6.42 Å². The number of carboxylic acid groups (broad SMARTS) is 1. The van der Waals surface area contributed by atoms with Crippen molar-refractivity contribution in [3.8, 4) is 11.5 Å². The van der Waals surface area contributed by atoms with Gasteiger partial charge in [0.1, 0.15) is 0 Å². The molecule has 0 aromatic heterocycles. The average Bonchev–Trinajstić information content (AvgIpc) is 1.96. The number of hydrogen-bond donors (Lipinski definition) is 3. The van der Waals surface area contributed by atoms with E-state index in [-0.39, 0.29) is 17.9 Å². The number of phenols is 2. The molecule has 0 aliphatic carbocycles. The highest BCUT2D eigenvalue weighted by Gasteiger charge is 2.03. The summed E-state index contributed by atoms with van der Waals surface area (Å²) in [6.07, 6.45) is -0.159. The largest absolute Gasteiger partial charge is 0.504 e. The second-order valence-corrected chi connectivity index (χ2v) is 2.39. The quantitative estimate of drug-likeness (QED) is 0.577. The lowest BCUT2D eigenvalue weighted by molar-refractivity contribution is -0.136. The highest BCUT2D eigenvalue weighted by atomic mass is 16.4. The molecular formula is C8H8O4. The molecule has 1 rings (SSSR count). The molecule has 0 atom stereocenters. The summed E-state index contributed by atoms with van der Waals surface area (Å²) in [4.78, 5) is 10.2. The third-order valence-electron chi connectivity index (χ3n) is 1.40. The first-order valence-corrected chi connectivity index (χ1v) is 3.32. The standard InChI is InChI=1S/C8H8O4/c9-6-2-1-5(3-7(6)10)4-8(11)12/h1-3,9-10H,4H2,(H,11,12)/i1+1,2+1,3+1,5+1,6+1,7+1. The van der Waals surface area contributed by atoms with Gasteiger partial charge in [0, 0.05) is 0 Å². The number of carbonyl (C=O) groups is 1. The lowest BCUT2D eigenvalue weighted by atomic mass is 10.6. The molecule has 0 aliphatic rings. The van der Waals surface area contributed by atoms with Gasteiger partial charge in [0.05, 0.1) is 6.42 Å². The highest BCUT2D eigenvalue weighted by Crippen LogP contribution is 2.24. The van der Waals surface area contributed by atoms with E-state index in [2.05, 4.69) is 0 Å². The summed E-state index contributed by atoms with van der Waals surface area (Å²) in [5.74, 6) is -1.52. The van der Waals surface area contributed by atoms with E-state index in [1.54, 1.807) is 0 Å². The maximum atomic E-state index is 10.2. The normalized spacial score (nSPS) is 9.67. The summed E-state index contributed by atoms with van der Waals surface area (Å²) >= 11 is 0. The molecule has 0 unspecified atom stereocenters. The van der Waals surface area contributed by atoms with Crippen LogP contribution in [-0.4, -0.2) is 21.3 Å². The second-order valence-electron chi connectivity index (χ2n) is 2.39. The molecule has 4 nitrogen and oxygen atoms in total. The first kappa shape index (κ1) is 8.39. The number of benzene rings is 1. The molecular weight excluding hydrogens is 166 g/mol. The Labute approximate surface area is 68.7 Å². The van der Waals surface area contributed by atoms with Crippen LogP contribution in [0.15, 0.2) is 18.2 Å². The summed E-state index contributed by atoms with van der Waals surface area (Å²) < 4.78 is 0. The van der Waals surface area contributed by atoms with E-state index >= 15 is 0 Å². The number of carboxylic acids is 1. The molecule has 4 heteroatoms. The molecule has 0 amide bonds. The van der Waals surface area contributed by atoms with Crippen LogP contribution >= 0.6 is 0 Å². The van der Waals surface area contributed by atoms with Gasteiger partial charge >= 0.3 is 5.97 Å². The Kier molecular flexibility index (Phi) is 2.19. The zero-order valence-corrected chi connectivity index (χ0v) is 6.19. The van der Waals surface area contributed by atoms with Gasteiger partial charge in [-0.2, -0.15) is 0 Å². The van der Waals surface area contributed by atoms with Crippen LogP contribution in [0.5, 0.6) is 11.5 Å². The maximum Gasteiger partial charge on any atom is 0.307 e. The van der Waals surface area contributed by atoms with Crippen LogP contribution in [0, 0.1) is 0 Å². The average molecular weight is 174 g/mol. The molecule has 0 saturated heterocycles. The van der Waals surface area contributed by atoms with E-state index in [0.717, 1.165) is 0 Å². The minimum absolute atomic E-state index is 0.159. The number of rotatable bonds is 2. The zero-order chi connectivity index (χ0) is 9.14. The van der Waals surface area contributed by atoms with Crippen LogP contribution in [0.25, 0.3) is 0 Å². The molecule has 3 N–H and O–H groups in total. The van der Waals surface area contributed by atoms with Crippen molar-refractivity contribution in [2.75, 3.05) is 0 Å². The minimum atomic E-state index is -0.972. The van der Waals surface area contributed by atoms with Crippen LogP contribution in [0.4, 0.5) is 0 Å². The molecule has 0 saturated carbocycles. The SMILES string of the molecule is O=C(O)C[13c]1[13cH][13cH][13c](O)[13c](O)[13cH]1. The van der Waals surface area contributed by atoms with Crippen LogP contribution in [0.1, 0.15) is 5.56 Å². The van der Waals surface area contributed by atoms with E-state index in [9.17, 15) is 4.79 Å². The minimum Gasteiger partial charge on any atom is -0.504 e. The van der Waals surface area contributed by atoms with E-state index in [4.69, 9.17) is 15.3 Å². The molecule has 12 heavy (non-hydrogen) atoms. The number of hydrogen-bond acceptors (Lipinski definition) is 3. The summed E-state index contributed by atoms with van der Waals surface area (Å²) in [7, 11) is 0. The first-order valence-electron chi connectivity index (χ1n) is 3.32. The molecule has 0 fully saturated rings. The molecule has 1 aromatic rings. The van der Waals surface area contributed by atoms with Gasteiger partial charge in [-0.15, -0.1) is 0 Å². The monoisotopic (exact) mass is 174 g/mol. The van der Waals surface area contributed by atoms with Crippen molar-refractivity contribution in [1.29, 1.82) is 0 Å². The van der Waals surface area contributed by atoms with E-state index < -0.39 is 5.97 Å². The Morgan fingerprint density at radius 1 is 1.25 bits per heavy atom. The summed E-state index contributed by atoms with van der Waals surface area (Å²) in [5, 5.41) is 26.2. The number of phenolic OH excluding ortho intramolecular Hbond substituents is 2. The molecule has 64 valence electrons. The van der Waals surface area contributed by atoms with Gasteiger partial charge in [0.15, 0.2) is 11.5 Å². The number of aromatic hydroxyl groups is 2. The molecule has 1 aromatic carbocycles. The summed E-state index contributed by atoms with van der Waals surface area (Å²) in [5.41, 5.74) is 0.456. The highest BCUT2D eigenvalue weighted by molar-refractivity contribution is 5.70. The molecule has 0 bridgehead atoms. The van der Waals surface area contributed by atoms with E-state index in [1.165, 1.54) is 18.2 Å². The third kappa shape index (κ3) is 1.88. The van der Waals surface area contributed by atoms with Crippen molar-refractivity contribution < 1.29 is 20.1 Å². The fraction of sp³-hybridized carbons (Fsp3) is 0.125. The Bertz CT molecular complexity index is 306. The lowest BCUT2D eigenvalue weighted by Crippen LogP contribution is -1.99. The Morgan fingerprint density at radius 2 is 1.92 bits per heavy atom. The van der Waals surface area contributed by atoms with Crippen molar-refractivity contribution in [3.63, 3.8) is 0 Å². The van der Waals surface area contributed by atoms with Gasteiger partial charge in [-0.05, 0) is 17.7 Å². The van der Waals surface area contributed by atoms with Gasteiger partial charge < -0.3 is 15.3 Å². The molecule has 0 radical (unpaired) electrons. The van der Waals surface area contributed by atoms with Crippen LogP contribution in [-0.2, 0) is 11.2 Å². The predicted octanol–water partition coefficient (Wildman–Crippen LogP) is 0.725. The van der Waals surface area contributed by atoms with Crippen molar-refractivity contribution in [3.05, 3.63) is 23.8 Å². The topological polar surface area (TPSA) is 77.8 Å². The second kappa shape index (κ2) is 3.13. The molecule has 0 heterocycles. The Balaban J connectivity index is 2.89. The lowest BCUT2D eigenvalue weighted by Gasteiger charge is -1.99. The predicted molar refractivity (Wildman–Crippen MR) is 41.1 cm³/mol. The number of aliphatic carboxylic acids is 1. The van der Waals surface area contributed by atoms with E-state index in [0.29, 0.717) is 5.56 Å². The fourth-order valence-electron chi connectivity index (χ4n) is 0.854. The van der Waals surface area contributed by atoms with Crippen LogP contribution in [0.3, 0.4) is 0 Å². The van der Waals surface area contributed by atoms with Crippen LogP contribution < -0.4 is 0 Å². The summed E-state index contributed by atoms with van der Waals surface area (Å²) in [6.45, 7) is 0.